The normalized spacial score (nSPS) is 18.8. The van der Waals surface area contributed by atoms with E-state index in [1.165, 1.54) is 12.1 Å². The fraction of sp³-hybridized carbons (Fsp3) is 0.448. The summed E-state index contributed by atoms with van der Waals surface area (Å²) in [6.07, 6.45) is -4.52. The Hall–Kier alpha value is -4.00. The first-order chi connectivity index (χ1) is 19.7. The summed E-state index contributed by atoms with van der Waals surface area (Å²) >= 11 is 0. The van der Waals surface area contributed by atoms with Gasteiger partial charge in [0.2, 0.25) is 17.4 Å². The van der Waals surface area contributed by atoms with Crippen LogP contribution in [0.15, 0.2) is 42.5 Å². The zero-order valence-corrected chi connectivity index (χ0v) is 23.5. The van der Waals surface area contributed by atoms with Gasteiger partial charge in [-0.05, 0) is 75.8 Å². The number of anilines is 1. The van der Waals surface area contributed by atoms with Gasteiger partial charge in [0.15, 0.2) is 0 Å². The standard InChI is InChI=1S/C29H32F4N4O5/c1-18(29(31,32)33)36(16-19-6-8-21(30)9-7-19)25(39)17-37-26(40)28(42-27(37)41)13-12-20-15-22(10-11-23(20)28)34-24(38)5-4-14-35(2)3/h6-11,15,18H,4-5,12-14,16-17H2,1-3H3,(H,34,38)/t18-,28+/m0/s1. The molecular formula is C29H32F4N4O5. The lowest BCUT2D eigenvalue weighted by Gasteiger charge is -2.31. The number of carbonyl (C=O) groups is 4. The first-order valence-electron chi connectivity index (χ1n) is 13.4. The number of hydrogen-bond donors (Lipinski definition) is 1. The number of halogens is 4. The molecule has 1 heterocycles. The van der Waals surface area contributed by atoms with Gasteiger partial charge in [0, 0.05) is 30.6 Å². The minimum Gasteiger partial charge on any atom is -0.427 e. The Morgan fingerprint density at radius 3 is 2.45 bits per heavy atom. The van der Waals surface area contributed by atoms with Gasteiger partial charge < -0.3 is 19.9 Å². The van der Waals surface area contributed by atoms with Crippen LogP contribution in [0.25, 0.3) is 0 Å². The molecule has 0 saturated carbocycles. The Labute approximate surface area is 240 Å². The smallest absolute Gasteiger partial charge is 0.418 e. The minimum atomic E-state index is -4.80. The summed E-state index contributed by atoms with van der Waals surface area (Å²) in [5.41, 5.74) is 0.102. The van der Waals surface area contributed by atoms with Gasteiger partial charge in [0.1, 0.15) is 18.4 Å². The third-order valence-corrected chi connectivity index (χ3v) is 7.47. The minimum absolute atomic E-state index is 0.0794. The Morgan fingerprint density at radius 1 is 1.12 bits per heavy atom. The molecule has 13 heteroatoms. The van der Waals surface area contributed by atoms with Gasteiger partial charge in [-0.1, -0.05) is 18.2 Å². The third-order valence-electron chi connectivity index (χ3n) is 7.47. The summed E-state index contributed by atoms with van der Waals surface area (Å²) in [6.45, 7) is 0.0660. The highest BCUT2D eigenvalue weighted by Crippen LogP contribution is 2.46. The summed E-state index contributed by atoms with van der Waals surface area (Å²) < 4.78 is 59.8. The van der Waals surface area contributed by atoms with Crippen molar-refractivity contribution < 1.29 is 41.5 Å². The summed E-state index contributed by atoms with van der Waals surface area (Å²) in [7, 11) is 3.82. The van der Waals surface area contributed by atoms with E-state index in [2.05, 4.69) is 5.32 Å². The maximum absolute atomic E-state index is 13.6. The number of nitrogens with one attached hydrogen (secondary N) is 1. The number of imide groups is 1. The molecule has 0 aromatic heterocycles. The topological polar surface area (TPSA) is 99.3 Å². The number of fused-ring (bicyclic) bond motifs is 2. The summed E-state index contributed by atoms with van der Waals surface area (Å²) in [4.78, 5) is 54.8. The van der Waals surface area contributed by atoms with Gasteiger partial charge in [-0.3, -0.25) is 14.4 Å². The lowest BCUT2D eigenvalue weighted by Crippen LogP contribution is -2.51. The molecule has 2 atom stereocenters. The molecule has 0 bridgehead atoms. The van der Waals surface area contributed by atoms with Crippen LogP contribution in [0.5, 0.6) is 0 Å². The van der Waals surface area contributed by atoms with Gasteiger partial charge in [-0.15, -0.1) is 0 Å². The van der Waals surface area contributed by atoms with Crippen molar-refractivity contribution in [2.45, 2.75) is 57.0 Å². The molecular weight excluding hydrogens is 560 g/mol. The molecule has 0 unspecified atom stereocenters. The van der Waals surface area contributed by atoms with Crippen molar-refractivity contribution in [1.29, 1.82) is 0 Å². The average Bonchev–Trinajstić information content (AvgIpc) is 3.38. The molecule has 2 aromatic carbocycles. The van der Waals surface area contributed by atoms with E-state index in [4.69, 9.17) is 4.74 Å². The number of hydrogen-bond acceptors (Lipinski definition) is 6. The Kier molecular flexibility index (Phi) is 8.90. The number of carbonyl (C=O) groups excluding carboxylic acids is 4. The van der Waals surface area contributed by atoms with Crippen LogP contribution in [0.3, 0.4) is 0 Å². The second kappa shape index (κ2) is 12.1. The lowest BCUT2D eigenvalue weighted by molar-refractivity contribution is -0.187. The Balaban J connectivity index is 1.49. The van der Waals surface area contributed by atoms with E-state index in [9.17, 15) is 36.7 Å². The predicted octanol–water partition coefficient (Wildman–Crippen LogP) is 4.21. The van der Waals surface area contributed by atoms with Crippen LogP contribution in [0.1, 0.15) is 42.9 Å². The Morgan fingerprint density at radius 2 is 1.81 bits per heavy atom. The molecule has 4 rings (SSSR count). The molecule has 226 valence electrons. The summed E-state index contributed by atoms with van der Waals surface area (Å²) in [5, 5.41) is 2.81. The van der Waals surface area contributed by atoms with Gasteiger partial charge >= 0.3 is 12.3 Å². The predicted molar refractivity (Wildman–Crippen MR) is 144 cm³/mol. The van der Waals surface area contributed by atoms with Crippen molar-refractivity contribution in [2.75, 3.05) is 32.5 Å². The molecule has 42 heavy (non-hydrogen) atoms. The van der Waals surface area contributed by atoms with Crippen LogP contribution >= 0.6 is 0 Å². The highest BCUT2D eigenvalue weighted by molar-refractivity contribution is 6.06. The number of benzene rings is 2. The molecule has 1 saturated heterocycles. The van der Waals surface area contributed by atoms with Crippen LogP contribution in [-0.4, -0.2) is 77.9 Å². The molecule has 1 fully saturated rings. The SMILES string of the molecule is C[C@H](N(Cc1ccc(F)cc1)C(=O)CN1C(=O)O[C@@]2(CCc3cc(NC(=O)CCCN(C)C)ccc32)C1=O)C(F)(F)F. The van der Waals surface area contributed by atoms with E-state index in [0.29, 0.717) is 45.9 Å². The second-order valence-corrected chi connectivity index (χ2v) is 10.8. The summed E-state index contributed by atoms with van der Waals surface area (Å²) in [5.74, 6) is -2.74. The van der Waals surface area contributed by atoms with Gasteiger partial charge in [0.05, 0.1) is 0 Å². The van der Waals surface area contributed by atoms with Crippen LogP contribution < -0.4 is 5.32 Å². The van der Waals surface area contributed by atoms with Crippen molar-refractivity contribution in [3.05, 3.63) is 65.0 Å². The number of amides is 4. The van der Waals surface area contributed by atoms with Crippen molar-refractivity contribution in [2.24, 2.45) is 0 Å². The Bertz CT molecular complexity index is 1360. The number of rotatable bonds is 10. The lowest BCUT2D eigenvalue weighted by atomic mass is 9.94. The molecule has 4 amide bonds. The van der Waals surface area contributed by atoms with Crippen LogP contribution in [0.4, 0.5) is 28.0 Å². The highest BCUT2D eigenvalue weighted by atomic mass is 19.4. The first kappa shape index (κ1) is 30.9. The van der Waals surface area contributed by atoms with E-state index in [1.807, 2.05) is 19.0 Å². The van der Waals surface area contributed by atoms with Gasteiger partial charge in [-0.25, -0.2) is 14.1 Å². The molecule has 1 spiro atoms. The maximum Gasteiger partial charge on any atom is 0.418 e. The number of nitrogens with zero attached hydrogens (tertiary/aromatic N) is 3. The van der Waals surface area contributed by atoms with E-state index < -0.39 is 54.6 Å². The van der Waals surface area contributed by atoms with Crippen molar-refractivity contribution in [1.82, 2.24) is 14.7 Å². The molecule has 1 N–H and O–H groups in total. The number of alkyl halides is 3. The van der Waals surface area contributed by atoms with Crippen molar-refractivity contribution in [3.63, 3.8) is 0 Å². The second-order valence-electron chi connectivity index (χ2n) is 10.8. The quantitative estimate of drug-likeness (QED) is 0.416. The zero-order chi connectivity index (χ0) is 30.8. The van der Waals surface area contributed by atoms with E-state index in [1.54, 1.807) is 18.2 Å². The van der Waals surface area contributed by atoms with Gasteiger partial charge in [-0.2, -0.15) is 13.2 Å². The first-order valence-corrected chi connectivity index (χ1v) is 13.4. The molecule has 1 aliphatic heterocycles. The van der Waals surface area contributed by atoms with Crippen molar-refractivity contribution in [3.8, 4) is 0 Å². The van der Waals surface area contributed by atoms with Crippen LogP contribution in [0.2, 0.25) is 0 Å². The number of ether oxygens (including phenoxy) is 1. The molecule has 9 nitrogen and oxygen atoms in total. The van der Waals surface area contributed by atoms with Crippen LogP contribution in [-0.2, 0) is 37.7 Å². The number of aryl methyl sites for hydroxylation is 1. The van der Waals surface area contributed by atoms with E-state index >= 15 is 0 Å². The fourth-order valence-corrected chi connectivity index (χ4v) is 5.14. The average molecular weight is 593 g/mol. The molecule has 1 aliphatic carbocycles. The largest absolute Gasteiger partial charge is 0.427 e. The van der Waals surface area contributed by atoms with E-state index in [-0.39, 0.29) is 17.9 Å². The zero-order valence-electron chi connectivity index (χ0n) is 23.5. The monoisotopic (exact) mass is 592 g/mol. The van der Waals surface area contributed by atoms with E-state index in [0.717, 1.165) is 25.6 Å². The van der Waals surface area contributed by atoms with Crippen LogP contribution in [0, 0.1) is 5.82 Å². The molecule has 2 aromatic rings. The third kappa shape index (κ3) is 6.56. The molecule has 2 aliphatic rings. The van der Waals surface area contributed by atoms with Crippen molar-refractivity contribution >= 4 is 29.5 Å². The summed E-state index contributed by atoms with van der Waals surface area (Å²) in [6, 6.07) is 7.21. The fourth-order valence-electron chi connectivity index (χ4n) is 5.14. The highest BCUT2D eigenvalue weighted by Gasteiger charge is 2.58. The molecule has 0 radical (unpaired) electrons. The van der Waals surface area contributed by atoms with Gasteiger partial charge in [0.25, 0.3) is 5.91 Å². The maximum atomic E-state index is 13.6.